The van der Waals surface area contributed by atoms with E-state index in [0.717, 1.165) is 18.8 Å². The normalized spacial score (nSPS) is 15.0. The number of hydrogen-bond acceptors (Lipinski definition) is 7. The van der Waals surface area contributed by atoms with Crippen molar-refractivity contribution < 1.29 is 4.74 Å². The van der Waals surface area contributed by atoms with E-state index in [1.54, 1.807) is 6.07 Å². The Balaban J connectivity index is 1.85. The van der Waals surface area contributed by atoms with E-state index in [0.29, 0.717) is 30.1 Å². The maximum absolute atomic E-state index is 6.11. The van der Waals surface area contributed by atoms with Crippen LogP contribution in [0.15, 0.2) is 24.3 Å². The summed E-state index contributed by atoms with van der Waals surface area (Å²) >= 11 is 6.11. The highest BCUT2D eigenvalue weighted by Crippen LogP contribution is 2.24. The summed E-state index contributed by atoms with van der Waals surface area (Å²) < 4.78 is 5.32. The lowest BCUT2D eigenvalue weighted by atomic mass is 10.3. The van der Waals surface area contributed by atoms with Crippen LogP contribution in [-0.2, 0) is 4.74 Å². The Morgan fingerprint density at radius 2 is 1.90 bits per heavy atom. The Kier molecular flexibility index (Phi) is 4.03. The summed E-state index contributed by atoms with van der Waals surface area (Å²) in [6.07, 6.45) is 0. The Bertz CT molecular complexity index is 632. The van der Waals surface area contributed by atoms with E-state index in [4.69, 9.17) is 22.1 Å². The number of ether oxygens (including phenoxy) is 1. The van der Waals surface area contributed by atoms with Crippen molar-refractivity contribution in [3.8, 4) is 0 Å². The molecule has 110 valence electrons. The van der Waals surface area contributed by atoms with Gasteiger partial charge in [0.15, 0.2) is 0 Å². The van der Waals surface area contributed by atoms with E-state index in [9.17, 15) is 0 Å². The number of hydrogen-bond donors (Lipinski definition) is 2. The van der Waals surface area contributed by atoms with Gasteiger partial charge in [0.1, 0.15) is 0 Å². The van der Waals surface area contributed by atoms with Crippen LogP contribution in [0.4, 0.5) is 23.5 Å². The molecule has 0 bridgehead atoms. The molecule has 0 saturated carbocycles. The Morgan fingerprint density at radius 3 is 2.67 bits per heavy atom. The minimum absolute atomic E-state index is 0.168. The summed E-state index contributed by atoms with van der Waals surface area (Å²) in [6.45, 7) is 2.77. The minimum Gasteiger partial charge on any atom is -0.378 e. The average molecular weight is 307 g/mol. The molecule has 1 saturated heterocycles. The highest BCUT2D eigenvalue weighted by molar-refractivity contribution is 6.33. The first-order valence-electron chi connectivity index (χ1n) is 6.58. The zero-order valence-corrected chi connectivity index (χ0v) is 12.0. The third-order valence-corrected chi connectivity index (χ3v) is 3.38. The number of rotatable bonds is 3. The van der Waals surface area contributed by atoms with Crippen molar-refractivity contribution in [3.63, 3.8) is 0 Å². The van der Waals surface area contributed by atoms with Gasteiger partial charge in [-0.3, -0.25) is 0 Å². The SMILES string of the molecule is Nc1nc(Nc2ccccc2Cl)nc(N2CCOCC2)n1. The van der Waals surface area contributed by atoms with Gasteiger partial charge in [0.25, 0.3) is 0 Å². The molecule has 21 heavy (non-hydrogen) atoms. The summed E-state index contributed by atoms with van der Waals surface area (Å²) in [6, 6.07) is 7.37. The van der Waals surface area contributed by atoms with E-state index in [1.807, 2.05) is 23.1 Å². The molecule has 0 atom stereocenters. The molecular formula is C13H15ClN6O. The summed E-state index contributed by atoms with van der Waals surface area (Å²) in [5, 5.41) is 3.65. The zero-order chi connectivity index (χ0) is 14.7. The van der Waals surface area contributed by atoms with E-state index in [1.165, 1.54) is 0 Å². The van der Waals surface area contributed by atoms with Crippen molar-refractivity contribution in [2.45, 2.75) is 0 Å². The maximum Gasteiger partial charge on any atom is 0.233 e. The first kappa shape index (κ1) is 13.8. The van der Waals surface area contributed by atoms with Crippen LogP contribution in [0, 0.1) is 0 Å². The van der Waals surface area contributed by atoms with Crippen LogP contribution < -0.4 is 16.0 Å². The van der Waals surface area contributed by atoms with Gasteiger partial charge < -0.3 is 20.7 Å². The molecule has 3 rings (SSSR count). The molecule has 0 amide bonds. The first-order chi connectivity index (χ1) is 10.2. The molecule has 1 aliphatic heterocycles. The maximum atomic E-state index is 6.11. The molecule has 0 unspecified atom stereocenters. The highest BCUT2D eigenvalue weighted by Gasteiger charge is 2.16. The summed E-state index contributed by atoms with van der Waals surface area (Å²) in [5.74, 6) is 1.08. The van der Waals surface area contributed by atoms with Crippen molar-refractivity contribution in [1.82, 2.24) is 15.0 Å². The summed E-state index contributed by atoms with van der Waals surface area (Å²) in [5.41, 5.74) is 6.48. The fraction of sp³-hybridized carbons (Fsp3) is 0.308. The van der Waals surface area contributed by atoms with Gasteiger partial charge in [0, 0.05) is 13.1 Å². The van der Waals surface area contributed by atoms with Gasteiger partial charge in [-0.25, -0.2) is 0 Å². The van der Waals surface area contributed by atoms with Gasteiger partial charge in [0.05, 0.1) is 23.9 Å². The highest BCUT2D eigenvalue weighted by atomic mass is 35.5. The van der Waals surface area contributed by atoms with Crippen LogP contribution in [0.2, 0.25) is 5.02 Å². The molecule has 0 spiro atoms. The number of nitrogens with zero attached hydrogens (tertiary/aromatic N) is 4. The summed E-state index contributed by atoms with van der Waals surface area (Å²) in [7, 11) is 0. The van der Waals surface area contributed by atoms with Crippen LogP contribution in [0.3, 0.4) is 0 Å². The van der Waals surface area contributed by atoms with E-state index in [2.05, 4.69) is 20.3 Å². The molecular weight excluding hydrogens is 292 g/mol. The third-order valence-electron chi connectivity index (χ3n) is 3.06. The largest absolute Gasteiger partial charge is 0.378 e. The van der Waals surface area contributed by atoms with Gasteiger partial charge in [-0.05, 0) is 12.1 Å². The fourth-order valence-electron chi connectivity index (χ4n) is 2.02. The number of morpholine rings is 1. The van der Waals surface area contributed by atoms with Crippen molar-refractivity contribution >= 4 is 35.1 Å². The van der Waals surface area contributed by atoms with Crippen LogP contribution in [0.5, 0.6) is 0 Å². The number of nitrogen functional groups attached to an aromatic ring is 1. The van der Waals surface area contributed by atoms with Crippen LogP contribution >= 0.6 is 11.6 Å². The lowest BCUT2D eigenvalue weighted by Gasteiger charge is -2.26. The Morgan fingerprint density at radius 1 is 1.14 bits per heavy atom. The molecule has 1 fully saturated rings. The van der Waals surface area contributed by atoms with Gasteiger partial charge in [-0.1, -0.05) is 23.7 Å². The van der Waals surface area contributed by atoms with Crippen molar-refractivity contribution in [1.29, 1.82) is 0 Å². The Hall–Kier alpha value is -2.12. The molecule has 1 aromatic heterocycles. The molecule has 3 N–H and O–H groups in total. The molecule has 1 aromatic carbocycles. The van der Waals surface area contributed by atoms with Crippen LogP contribution in [0.1, 0.15) is 0 Å². The van der Waals surface area contributed by atoms with E-state index < -0.39 is 0 Å². The third kappa shape index (κ3) is 3.32. The second-order valence-corrected chi connectivity index (χ2v) is 4.93. The van der Waals surface area contributed by atoms with Gasteiger partial charge in [0.2, 0.25) is 17.8 Å². The topological polar surface area (TPSA) is 89.2 Å². The molecule has 7 nitrogen and oxygen atoms in total. The lowest BCUT2D eigenvalue weighted by molar-refractivity contribution is 0.122. The lowest BCUT2D eigenvalue weighted by Crippen LogP contribution is -2.37. The molecule has 2 aromatic rings. The molecule has 0 radical (unpaired) electrons. The van der Waals surface area contributed by atoms with Crippen LogP contribution in [0.25, 0.3) is 0 Å². The van der Waals surface area contributed by atoms with Crippen LogP contribution in [-0.4, -0.2) is 41.3 Å². The predicted octanol–water partition coefficient (Wildman–Crippen LogP) is 1.69. The number of nitrogens with one attached hydrogen (secondary N) is 1. The van der Waals surface area contributed by atoms with E-state index in [-0.39, 0.29) is 5.95 Å². The molecule has 2 heterocycles. The average Bonchev–Trinajstić information content (AvgIpc) is 2.50. The van der Waals surface area contributed by atoms with Gasteiger partial charge in [-0.2, -0.15) is 15.0 Å². The van der Waals surface area contributed by atoms with Gasteiger partial charge in [-0.15, -0.1) is 0 Å². The van der Waals surface area contributed by atoms with E-state index >= 15 is 0 Å². The number of anilines is 4. The fourth-order valence-corrected chi connectivity index (χ4v) is 2.21. The quantitative estimate of drug-likeness (QED) is 0.891. The standard InChI is InChI=1S/C13H15ClN6O/c14-9-3-1-2-4-10(9)16-12-17-11(15)18-13(19-12)20-5-7-21-8-6-20/h1-4H,5-8H2,(H3,15,16,17,18,19). The minimum atomic E-state index is 0.168. The smallest absolute Gasteiger partial charge is 0.233 e. The van der Waals surface area contributed by atoms with Crippen molar-refractivity contribution in [2.24, 2.45) is 0 Å². The Labute approximate surface area is 127 Å². The van der Waals surface area contributed by atoms with Crippen molar-refractivity contribution in [3.05, 3.63) is 29.3 Å². The second kappa shape index (κ2) is 6.11. The monoisotopic (exact) mass is 306 g/mol. The number of aromatic nitrogens is 3. The molecule has 8 heteroatoms. The summed E-state index contributed by atoms with van der Waals surface area (Å²) in [4.78, 5) is 14.7. The zero-order valence-electron chi connectivity index (χ0n) is 11.3. The number of para-hydroxylation sites is 1. The van der Waals surface area contributed by atoms with Crippen molar-refractivity contribution in [2.75, 3.05) is 42.3 Å². The number of nitrogens with two attached hydrogens (primary N) is 1. The first-order valence-corrected chi connectivity index (χ1v) is 6.96. The molecule has 0 aliphatic carbocycles. The van der Waals surface area contributed by atoms with Gasteiger partial charge >= 0.3 is 0 Å². The number of benzene rings is 1. The number of halogens is 1. The molecule has 1 aliphatic rings. The second-order valence-electron chi connectivity index (χ2n) is 4.52. The predicted molar refractivity (Wildman–Crippen MR) is 82.0 cm³/mol.